The summed E-state index contributed by atoms with van der Waals surface area (Å²) in [6, 6.07) is 1.65. The van der Waals surface area contributed by atoms with Crippen LogP contribution < -0.4 is 5.32 Å². The number of nitrogens with one attached hydrogen (secondary N) is 1. The van der Waals surface area contributed by atoms with E-state index in [0.29, 0.717) is 6.42 Å². The van der Waals surface area contributed by atoms with Gasteiger partial charge in [0.2, 0.25) is 0 Å². The maximum absolute atomic E-state index is 10.8. The molecular formula is C9H11NO2S2. The van der Waals surface area contributed by atoms with E-state index in [2.05, 4.69) is 10.7 Å². The zero-order valence-corrected chi connectivity index (χ0v) is 9.11. The minimum Gasteiger partial charge on any atom is -0.480 e. The number of thioether (sulfide) groups is 1. The highest BCUT2D eigenvalue weighted by Gasteiger charge is 2.27. The van der Waals surface area contributed by atoms with E-state index in [9.17, 15) is 4.79 Å². The smallest absolute Gasteiger partial charge is 0.320 e. The van der Waals surface area contributed by atoms with Crippen molar-refractivity contribution in [1.82, 2.24) is 5.32 Å². The first kappa shape index (κ1) is 10.0. The van der Waals surface area contributed by atoms with Gasteiger partial charge in [-0.05, 0) is 34.6 Å². The summed E-state index contributed by atoms with van der Waals surface area (Å²) in [6.07, 6.45) is 0.709. The van der Waals surface area contributed by atoms with Crippen LogP contribution in [-0.2, 0) is 4.79 Å². The Labute approximate surface area is 90.5 Å². The maximum Gasteiger partial charge on any atom is 0.320 e. The van der Waals surface area contributed by atoms with Gasteiger partial charge < -0.3 is 5.11 Å². The quantitative estimate of drug-likeness (QED) is 0.813. The van der Waals surface area contributed by atoms with Crippen LogP contribution in [0.25, 0.3) is 0 Å². The van der Waals surface area contributed by atoms with Gasteiger partial charge in [0.1, 0.15) is 6.04 Å². The topological polar surface area (TPSA) is 49.3 Å². The Kier molecular flexibility index (Phi) is 3.10. The number of hydrogen-bond acceptors (Lipinski definition) is 4. The second-order valence-electron chi connectivity index (χ2n) is 3.15. The van der Waals surface area contributed by atoms with E-state index in [4.69, 9.17) is 5.11 Å². The van der Waals surface area contributed by atoms with E-state index in [1.807, 2.05) is 11.4 Å². The average Bonchev–Trinajstić information content (AvgIpc) is 2.71. The molecule has 1 aromatic rings. The number of carbonyl (C=O) groups is 1. The van der Waals surface area contributed by atoms with Gasteiger partial charge >= 0.3 is 5.97 Å². The standard InChI is InChI=1S/C9H11NO2S2/c11-9(12)7-2-4-14-8(10-7)6-1-3-13-5-6/h1,3,5,7-8,10H,2,4H2,(H,11,12). The van der Waals surface area contributed by atoms with E-state index in [1.54, 1.807) is 23.1 Å². The van der Waals surface area contributed by atoms with Gasteiger partial charge in [0.05, 0.1) is 5.37 Å². The van der Waals surface area contributed by atoms with Crippen molar-refractivity contribution in [3.63, 3.8) is 0 Å². The van der Waals surface area contributed by atoms with Crippen LogP contribution in [0.1, 0.15) is 17.4 Å². The van der Waals surface area contributed by atoms with Gasteiger partial charge in [-0.25, -0.2) is 0 Å². The summed E-state index contributed by atoms with van der Waals surface area (Å²) in [6.45, 7) is 0. The molecule has 1 aliphatic heterocycles. The molecule has 0 bridgehead atoms. The van der Waals surface area contributed by atoms with Crippen molar-refractivity contribution < 1.29 is 9.90 Å². The number of carboxylic acid groups (broad SMARTS) is 1. The van der Waals surface area contributed by atoms with Crippen LogP contribution in [0.2, 0.25) is 0 Å². The molecule has 2 unspecified atom stereocenters. The van der Waals surface area contributed by atoms with E-state index >= 15 is 0 Å². The largest absolute Gasteiger partial charge is 0.480 e. The second kappa shape index (κ2) is 4.33. The van der Waals surface area contributed by atoms with Gasteiger partial charge in [-0.1, -0.05) is 0 Å². The molecule has 2 rings (SSSR count). The number of aliphatic carboxylic acids is 1. The number of thiophene rings is 1. The van der Waals surface area contributed by atoms with Crippen molar-refractivity contribution >= 4 is 29.1 Å². The van der Waals surface area contributed by atoms with Gasteiger partial charge in [0, 0.05) is 0 Å². The Morgan fingerprint density at radius 1 is 1.64 bits per heavy atom. The summed E-state index contributed by atoms with van der Waals surface area (Å²) < 4.78 is 0. The fourth-order valence-electron chi connectivity index (χ4n) is 1.43. The third-order valence-electron chi connectivity index (χ3n) is 2.19. The van der Waals surface area contributed by atoms with Crippen molar-refractivity contribution in [3.05, 3.63) is 22.4 Å². The molecule has 2 heterocycles. The highest BCUT2D eigenvalue weighted by atomic mass is 32.2. The predicted molar refractivity (Wildman–Crippen MR) is 58.7 cm³/mol. The van der Waals surface area contributed by atoms with E-state index in [1.165, 1.54) is 5.56 Å². The molecule has 5 heteroatoms. The Balaban J connectivity index is 2.04. The molecule has 0 spiro atoms. The van der Waals surface area contributed by atoms with Crippen molar-refractivity contribution in [2.75, 3.05) is 5.75 Å². The average molecular weight is 229 g/mol. The molecular weight excluding hydrogens is 218 g/mol. The van der Waals surface area contributed by atoms with E-state index in [0.717, 1.165) is 5.75 Å². The lowest BCUT2D eigenvalue weighted by molar-refractivity contribution is -0.139. The van der Waals surface area contributed by atoms with Crippen molar-refractivity contribution in [3.8, 4) is 0 Å². The minimum absolute atomic E-state index is 0.149. The molecule has 0 aromatic carbocycles. The van der Waals surface area contributed by atoms with Gasteiger partial charge in [-0.15, -0.1) is 11.8 Å². The van der Waals surface area contributed by atoms with E-state index in [-0.39, 0.29) is 11.4 Å². The molecule has 1 saturated heterocycles. The number of carboxylic acids is 1. The fourth-order valence-corrected chi connectivity index (χ4v) is 3.41. The third kappa shape index (κ3) is 2.10. The first-order valence-electron chi connectivity index (χ1n) is 4.40. The maximum atomic E-state index is 10.8. The van der Waals surface area contributed by atoms with Crippen LogP contribution in [-0.4, -0.2) is 22.9 Å². The highest BCUT2D eigenvalue weighted by molar-refractivity contribution is 7.99. The second-order valence-corrected chi connectivity index (χ2v) is 5.15. The predicted octanol–water partition coefficient (Wildman–Crippen LogP) is 1.93. The molecule has 2 atom stereocenters. The molecule has 1 aromatic heterocycles. The lowest BCUT2D eigenvalue weighted by Crippen LogP contribution is -2.41. The summed E-state index contributed by atoms with van der Waals surface area (Å²) in [5, 5.41) is 16.2. The first-order chi connectivity index (χ1) is 6.77. The zero-order chi connectivity index (χ0) is 9.97. The highest BCUT2D eigenvalue weighted by Crippen LogP contribution is 2.32. The van der Waals surface area contributed by atoms with E-state index < -0.39 is 5.97 Å². The molecule has 1 fully saturated rings. The normalized spacial score (nSPS) is 27.4. The SMILES string of the molecule is O=C(O)C1CCSC(c2ccsc2)N1. The summed E-state index contributed by atoms with van der Waals surface area (Å²) in [4.78, 5) is 10.8. The van der Waals surface area contributed by atoms with Crippen LogP contribution in [0.3, 0.4) is 0 Å². The molecule has 0 amide bonds. The molecule has 0 aliphatic carbocycles. The van der Waals surface area contributed by atoms with Crippen LogP contribution in [0, 0.1) is 0 Å². The summed E-state index contributed by atoms with van der Waals surface area (Å²) in [5.74, 6) is 0.162. The van der Waals surface area contributed by atoms with Crippen LogP contribution in [0.5, 0.6) is 0 Å². The lowest BCUT2D eigenvalue weighted by Gasteiger charge is -2.27. The first-order valence-corrected chi connectivity index (χ1v) is 6.39. The summed E-state index contributed by atoms with van der Waals surface area (Å²) >= 11 is 3.42. The summed E-state index contributed by atoms with van der Waals surface area (Å²) in [7, 11) is 0. The lowest BCUT2D eigenvalue weighted by atomic mass is 10.2. The minimum atomic E-state index is -0.745. The third-order valence-corrected chi connectivity index (χ3v) is 4.10. The van der Waals surface area contributed by atoms with Gasteiger partial charge in [-0.3, -0.25) is 10.1 Å². The van der Waals surface area contributed by atoms with Gasteiger partial charge in [0.25, 0.3) is 0 Å². The molecule has 0 saturated carbocycles. The van der Waals surface area contributed by atoms with Crippen molar-refractivity contribution in [2.24, 2.45) is 0 Å². The molecule has 14 heavy (non-hydrogen) atoms. The fraction of sp³-hybridized carbons (Fsp3) is 0.444. The zero-order valence-electron chi connectivity index (χ0n) is 7.47. The van der Waals surface area contributed by atoms with Gasteiger partial charge in [-0.2, -0.15) is 11.3 Å². The number of rotatable bonds is 2. The van der Waals surface area contributed by atoms with Crippen LogP contribution in [0.15, 0.2) is 16.8 Å². The Morgan fingerprint density at radius 2 is 2.50 bits per heavy atom. The Morgan fingerprint density at radius 3 is 3.14 bits per heavy atom. The Bertz CT molecular complexity index is 313. The summed E-state index contributed by atoms with van der Waals surface area (Å²) in [5.41, 5.74) is 1.19. The van der Waals surface area contributed by atoms with Crippen molar-refractivity contribution in [2.45, 2.75) is 17.8 Å². The molecule has 3 nitrogen and oxygen atoms in total. The Hall–Kier alpha value is -0.520. The molecule has 0 radical (unpaired) electrons. The van der Waals surface area contributed by atoms with Crippen molar-refractivity contribution in [1.29, 1.82) is 0 Å². The number of hydrogen-bond donors (Lipinski definition) is 2. The monoisotopic (exact) mass is 229 g/mol. The molecule has 2 N–H and O–H groups in total. The molecule has 1 aliphatic rings. The van der Waals surface area contributed by atoms with Gasteiger partial charge in [0.15, 0.2) is 0 Å². The van der Waals surface area contributed by atoms with Crippen LogP contribution >= 0.6 is 23.1 Å². The van der Waals surface area contributed by atoms with Crippen LogP contribution in [0.4, 0.5) is 0 Å². The molecule has 76 valence electrons.